The summed E-state index contributed by atoms with van der Waals surface area (Å²) in [5.41, 5.74) is 8.47. The molecule has 142 valence electrons. The third-order valence-corrected chi connectivity index (χ3v) is 5.52. The quantitative estimate of drug-likeness (QED) is 0.455. The molecule has 0 atom stereocenters. The van der Waals surface area contributed by atoms with Crippen LogP contribution in [0.15, 0.2) is 83.4 Å². The van der Waals surface area contributed by atoms with E-state index in [0.717, 1.165) is 28.1 Å². The topological polar surface area (TPSA) is 33.2 Å². The second-order valence-electron chi connectivity index (χ2n) is 7.34. The predicted molar refractivity (Wildman–Crippen MR) is 117 cm³/mol. The van der Waals surface area contributed by atoms with E-state index in [2.05, 4.69) is 73.5 Å². The van der Waals surface area contributed by atoms with Crippen molar-refractivity contribution in [3.8, 4) is 0 Å². The summed E-state index contributed by atoms with van der Waals surface area (Å²) in [5.74, 6) is 0.653. The minimum absolute atomic E-state index is 0.653. The molecule has 0 spiro atoms. The van der Waals surface area contributed by atoms with Crippen molar-refractivity contribution in [2.45, 2.75) is 6.92 Å². The Morgan fingerprint density at radius 3 is 2.52 bits per heavy atom. The number of oxazole rings is 1. The summed E-state index contributed by atoms with van der Waals surface area (Å²) in [4.78, 5) is 7.02. The highest BCUT2D eigenvalue weighted by atomic mass is 16.3. The molecule has 2 aromatic carbocycles. The van der Waals surface area contributed by atoms with E-state index in [4.69, 9.17) is 9.40 Å². The van der Waals surface area contributed by atoms with E-state index in [1.807, 2.05) is 36.0 Å². The monoisotopic (exact) mass is 380 g/mol. The van der Waals surface area contributed by atoms with Gasteiger partial charge in [-0.05, 0) is 42.3 Å². The van der Waals surface area contributed by atoms with Gasteiger partial charge in [-0.3, -0.25) is 0 Å². The van der Waals surface area contributed by atoms with E-state index in [0.29, 0.717) is 5.89 Å². The summed E-state index contributed by atoms with van der Waals surface area (Å²) in [7, 11) is 4.10. The van der Waals surface area contributed by atoms with Gasteiger partial charge in [0.1, 0.15) is 0 Å². The lowest BCUT2D eigenvalue weighted by Crippen LogP contribution is -2.28. The van der Waals surface area contributed by atoms with Crippen LogP contribution in [0, 0.1) is 0 Å². The Balaban J connectivity index is 1.75. The lowest BCUT2D eigenvalue weighted by Gasteiger charge is -2.31. The number of pyridine rings is 1. The number of hydrogen-bond acceptors (Lipinski definition) is 3. The number of allylic oxidation sites excluding steroid dienone is 3. The van der Waals surface area contributed by atoms with Crippen molar-refractivity contribution in [2.24, 2.45) is 7.05 Å². The summed E-state index contributed by atoms with van der Waals surface area (Å²) in [6.07, 6.45) is 4.22. The molecule has 0 N–H and O–H groups in total. The highest BCUT2D eigenvalue weighted by Gasteiger charge is 2.26. The first-order valence-electron chi connectivity index (χ1n) is 9.70. The molecule has 29 heavy (non-hydrogen) atoms. The molecular weight excluding hydrogens is 358 g/mol. The van der Waals surface area contributed by atoms with Gasteiger partial charge in [0.25, 0.3) is 0 Å². The molecule has 0 fully saturated rings. The van der Waals surface area contributed by atoms with Crippen LogP contribution in [0.5, 0.6) is 0 Å². The third kappa shape index (κ3) is 2.85. The molecule has 1 aliphatic rings. The molecule has 1 aliphatic heterocycles. The average molecular weight is 380 g/mol. The van der Waals surface area contributed by atoms with Crippen LogP contribution in [-0.2, 0) is 7.05 Å². The zero-order chi connectivity index (χ0) is 20.0. The van der Waals surface area contributed by atoms with Crippen LogP contribution in [0.25, 0.3) is 28.1 Å². The van der Waals surface area contributed by atoms with Gasteiger partial charge in [-0.25, -0.2) is 4.57 Å². The minimum atomic E-state index is 0.653. The molecule has 0 saturated heterocycles. The molecule has 2 aromatic heterocycles. The molecule has 0 aliphatic carbocycles. The van der Waals surface area contributed by atoms with Crippen molar-refractivity contribution in [1.82, 2.24) is 4.98 Å². The van der Waals surface area contributed by atoms with Gasteiger partial charge in [0.2, 0.25) is 5.58 Å². The molecule has 4 nitrogen and oxygen atoms in total. The largest absolute Gasteiger partial charge is 0.411 e. The Bertz CT molecular complexity index is 1280. The summed E-state index contributed by atoms with van der Waals surface area (Å²) < 4.78 is 8.09. The maximum absolute atomic E-state index is 6.11. The van der Waals surface area contributed by atoms with Crippen LogP contribution in [0.3, 0.4) is 0 Å². The summed E-state index contributed by atoms with van der Waals surface area (Å²) in [5, 5.41) is 0. The van der Waals surface area contributed by atoms with Gasteiger partial charge in [-0.2, -0.15) is 0 Å². The van der Waals surface area contributed by atoms with Gasteiger partial charge < -0.3 is 9.32 Å². The molecule has 4 heteroatoms. The fourth-order valence-corrected chi connectivity index (χ4v) is 3.92. The van der Waals surface area contributed by atoms with Gasteiger partial charge in [0.05, 0.1) is 13.2 Å². The Morgan fingerprint density at radius 1 is 0.966 bits per heavy atom. The lowest BCUT2D eigenvalue weighted by molar-refractivity contribution is -0.646. The van der Waals surface area contributed by atoms with E-state index in [1.54, 1.807) is 0 Å². The van der Waals surface area contributed by atoms with E-state index in [9.17, 15) is 0 Å². The Labute approximate surface area is 170 Å². The van der Waals surface area contributed by atoms with Crippen molar-refractivity contribution in [3.63, 3.8) is 0 Å². The fourth-order valence-electron chi connectivity index (χ4n) is 3.92. The average Bonchev–Trinajstić information content (AvgIpc) is 3.20. The SMILES string of the molecule is C/C(=C1/C=C(c2ccccc2)N(C)c2ccccc21)c1nc2c(ccc[n+]2C)o1. The van der Waals surface area contributed by atoms with Crippen LogP contribution >= 0.6 is 0 Å². The molecule has 0 unspecified atom stereocenters. The van der Waals surface area contributed by atoms with Gasteiger partial charge in [0.15, 0.2) is 0 Å². The van der Waals surface area contributed by atoms with Crippen LogP contribution in [0.4, 0.5) is 5.69 Å². The number of aromatic nitrogens is 2. The summed E-state index contributed by atoms with van der Waals surface area (Å²) in [6.45, 7) is 2.08. The van der Waals surface area contributed by atoms with E-state index in [-0.39, 0.29) is 0 Å². The van der Waals surface area contributed by atoms with E-state index < -0.39 is 0 Å². The third-order valence-electron chi connectivity index (χ3n) is 5.52. The standard InChI is InChI=1S/C25H22N3O/c1-17(25-26-24-23(29-25)14-9-15-27(24)2)20-16-22(18-10-5-4-6-11-18)28(3)21-13-8-7-12-19(20)21/h4-16H,1-3H3/q+1. The van der Waals surface area contributed by atoms with Crippen molar-refractivity contribution in [2.75, 3.05) is 11.9 Å². The molecule has 0 radical (unpaired) electrons. The first kappa shape index (κ1) is 17.4. The van der Waals surface area contributed by atoms with Gasteiger partial charge in [-0.1, -0.05) is 48.5 Å². The first-order valence-corrected chi connectivity index (χ1v) is 9.70. The van der Waals surface area contributed by atoms with Crippen LogP contribution in [-0.4, -0.2) is 12.0 Å². The molecular formula is C25H22N3O+. The number of benzene rings is 2. The van der Waals surface area contributed by atoms with Gasteiger partial charge >= 0.3 is 11.5 Å². The Hall–Kier alpha value is -3.66. The van der Waals surface area contributed by atoms with Crippen molar-refractivity contribution < 1.29 is 8.98 Å². The highest BCUT2D eigenvalue weighted by molar-refractivity contribution is 6.05. The number of para-hydroxylation sites is 1. The molecule has 4 aromatic rings. The number of aryl methyl sites for hydroxylation is 1. The lowest BCUT2D eigenvalue weighted by atomic mass is 9.92. The number of hydrogen-bond donors (Lipinski definition) is 0. The molecule has 3 heterocycles. The Morgan fingerprint density at radius 2 is 1.72 bits per heavy atom. The smallest absolute Gasteiger partial charge is 0.370 e. The number of rotatable bonds is 2. The van der Waals surface area contributed by atoms with E-state index in [1.165, 1.54) is 16.8 Å². The maximum atomic E-state index is 6.11. The number of fused-ring (bicyclic) bond motifs is 2. The Kier molecular flexibility index (Phi) is 4.06. The van der Waals surface area contributed by atoms with Crippen molar-refractivity contribution >= 4 is 33.8 Å². The molecule has 0 bridgehead atoms. The number of anilines is 1. The highest BCUT2D eigenvalue weighted by Crippen LogP contribution is 2.41. The first-order chi connectivity index (χ1) is 14.1. The van der Waals surface area contributed by atoms with E-state index >= 15 is 0 Å². The minimum Gasteiger partial charge on any atom is -0.411 e. The van der Waals surface area contributed by atoms with Gasteiger partial charge in [-0.15, -0.1) is 0 Å². The zero-order valence-corrected chi connectivity index (χ0v) is 16.8. The van der Waals surface area contributed by atoms with Crippen LogP contribution in [0.2, 0.25) is 0 Å². The second-order valence-corrected chi connectivity index (χ2v) is 7.34. The summed E-state index contributed by atoms with van der Waals surface area (Å²) >= 11 is 0. The van der Waals surface area contributed by atoms with Crippen LogP contribution in [0.1, 0.15) is 23.9 Å². The number of nitrogens with zero attached hydrogens (tertiary/aromatic N) is 3. The fraction of sp³-hybridized carbons (Fsp3) is 0.120. The maximum Gasteiger partial charge on any atom is 0.370 e. The molecule has 0 amide bonds. The normalized spacial score (nSPS) is 15.3. The van der Waals surface area contributed by atoms with Crippen molar-refractivity contribution in [1.29, 1.82) is 0 Å². The predicted octanol–water partition coefficient (Wildman–Crippen LogP) is 5.07. The van der Waals surface area contributed by atoms with Crippen molar-refractivity contribution in [3.05, 3.63) is 96.0 Å². The summed E-state index contributed by atoms with van der Waals surface area (Å²) in [6, 6.07) is 22.9. The second kappa shape index (κ2) is 6.74. The van der Waals surface area contributed by atoms with Crippen LogP contribution < -0.4 is 9.47 Å². The molecule has 0 saturated carbocycles. The van der Waals surface area contributed by atoms with Gasteiger partial charge in [0, 0.05) is 34.6 Å². The zero-order valence-electron chi connectivity index (χ0n) is 16.8. The molecule has 5 rings (SSSR count).